The molecule has 0 radical (unpaired) electrons. The molecule has 1 unspecified atom stereocenters. The number of piperidine rings is 1. The molecular formula is C16H28N2O2. The molecule has 2 N–H and O–H groups in total. The van der Waals surface area contributed by atoms with Gasteiger partial charge in [0, 0.05) is 12.6 Å². The number of likely N-dealkylation sites (tertiary alicyclic amines) is 1. The van der Waals surface area contributed by atoms with E-state index in [1.165, 1.54) is 19.3 Å². The van der Waals surface area contributed by atoms with E-state index < -0.39 is 11.5 Å². The van der Waals surface area contributed by atoms with Gasteiger partial charge in [0.05, 0.1) is 0 Å². The molecule has 1 atom stereocenters. The highest BCUT2D eigenvalue weighted by molar-refractivity contribution is 5.80. The van der Waals surface area contributed by atoms with E-state index in [0.717, 1.165) is 44.7 Å². The summed E-state index contributed by atoms with van der Waals surface area (Å²) in [6.45, 7) is 5.12. The van der Waals surface area contributed by atoms with Crippen molar-refractivity contribution < 1.29 is 9.90 Å². The van der Waals surface area contributed by atoms with E-state index >= 15 is 0 Å². The van der Waals surface area contributed by atoms with E-state index in [9.17, 15) is 9.90 Å². The highest BCUT2D eigenvalue weighted by Gasteiger charge is 2.54. The first kappa shape index (κ1) is 14.3. The molecule has 3 aliphatic rings. The molecule has 4 nitrogen and oxygen atoms in total. The van der Waals surface area contributed by atoms with Gasteiger partial charge in [-0.05, 0) is 63.5 Å². The molecule has 114 valence electrons. The summed E-state index contributed by atoms with van der Waals surface area (Å²) < 4.78 is 0. The van der Waals surface area contributed by atoms with Crippen molar-refractivity contribution in [1.82, 2.24) is 10.2 Å². The number of carboxylic acid groups (broad SMARTS) is 1. The third-order valence-corrected chi connectivity index (χ3v) is 5.45. The van der Waals surface area contributed by atoms with Gasteiger partial charge < -0.3 is 10.0 Å². The lowest BCUT2D eigenvalue weighted by Gasteiger charge is -2.39. The van der Waals surface area contributed by atoms with Crippen molar-refractivity contribution in [3.63, 3.8) is 0 Å². The van der Waals surface area contributed by atoms with E-state index in [1.807, 2.05) is 0 Å². The Kier molecular flexibility index (Phi) is 4.04. The predicted octanol–water partition coefficient (Wildman–Crippen LogP) is 2.09. The van der Waals surface area contributed by atoms with Gasteiger partial charge >= 0.3 is 5.97 Å². The minimum absolute atomic E-state index is 0.351. The van der Waals surface area contributed by atoms with E-state index in [-0.39, 0.29) is 0 Å². The van der Waals surface area contributed by atoms with Crippen molar-refractivity contribution in [2.45, 2.75) is 63.5 Å². The molecule has 2 saturated carbocycles. The summed E-state index contributed by atoms with van der Waals surface area (Å²) >= 11 is 0. The van der Waals surface area contributed by atoms with Crippen LogP contribution in [0.1, 0.15) is 51.9 Å². The topological polar surface area (TPSA) is 52.6 Å². The maximum atomic E-state index is 12.0. The van der Waals surface area contributed by atoms with Crippen LogP contribution in [0.25, 0.3) is 0 Å². The van der Waals surface area contributed by atoms with Crippen molar-refractivity contribution in [2.24, 2.45) is 11.8 Å². The molecule has 0 aromatic rings. The number of hydrogen-bond donors (Lipinski definition) is 2. The van der Waals surface area contributed by atoms with Crippen LogP contribution in [-0.4, -0.2) is 47.2 Å². The van der Waals surface area contributed by atoms with Gasteiger partial charge in [0.25, 0.3) is 0 Å². The van der Waals surface area contributed by atoms with Crippen LogP contribution in [0.3, 0.4) is 0 Å². The van der Waals surface area contributed by atoms with Crippen molar-refractivity contribution in [3.05, 3.63) is 0 Å². The predicted molar refractivity (Wildman–Crippen MR) is 78.7 cm³/mol. The summed E-state index contributed by atoms with van der Waals surface area (Å²) in [5, 5.41) is 13.3. The molecule has 1 heterocycles. The standard InChI is InChI=1S/C16H28N2O2/c1-2-12-7-9-18(10-8-12)11-16(15(19)20,13-3-4-13)17-14-5-6-14/h12-14,17H,2-11H2,1H3,(H,19,20). The average molecular weight is 280 g/mol. The van der Waals surface area contributed by atoms with Gasteiger partial charge in [0.2, 0.25) is 0 Å². The average Bonchev–Trinajstić information content (AvgIpc) is 3.31. The number of nitrogens with one attached hydrogen (secondary N) is 1. The molecule has 20 heavy (non-hydrogen) atoms. The molecule has 1 aliphatic heterocycles. The van der Waals surface area contributed by atoms with Gasteiger partial charge in [0.1, 0.15) is 5.54 Å². The minimum atomic E-state index is -0.666. The van der Waals surface area contributed by atoms with Crippen molar-refractivity contribution >= 4 is 5.97 Å². The highest BCUT2D eigenvalue weighted by Crippen LogP contribution is 2.42. The zero-order chi connectivity index (χ0) is 14.2. The molecule has 1 saturated heterocycles. The maximum Gasteiger partial charge on any atom is 0.325 e. The first-order valence-electron chi connectivity index (χ1n) is 8.37. The van der Waals surface area contributed by atoms with Crippen LogP contribution in [0, 0.1) is 11.8 Å². The fourth-order valence-electron chi connectivity index (χ4n) is 3.67. The zero-order valence-electron chi connectivity index (χ0n) is 12.6. The smallest absolute Gasteiger partial charge is 0.325 e. The number of aliphatic carboxylic acids is 1. The second-order valence-corrected chi connectivity index (χ2v) is 7.10. The lowest BCUT2D eigenvalue weighted by Crippen LogP contribution is -2.62. The second-order valence-electron chi connectivity index (χ2n) is 7.10. The SMILES string of the molecule is CCC1CCN(CC(NC2CC2)(C(=O)O)C2CC2)CC1. The first-order valence-corrected chi connectivity index (χ1v) is 8.37. The van der Waals surface area contributed by atoms with Crippen LogP contribution in [0.5, 0.6) is 0 Å². The normalized spacial score (nSPS) is 28.2. The number of carbonyl (C=O) groups is 1. The Balaban J connectivity index is 1.65. The van der Waals surface area contributed by atoms with E-state index in [0.29, 0.717) is 18.5 Å². The van der Waals surface area contributed by atoms with Gasteiger partial charge in [0.15, 0.2) is 0 Å². The highest BCUT2D eigenvalue weighted by atomic mass is 16.4. The molecule has 0 aromatic heterocycles. The maximum absolute atomic E-state index is 12.0. The Morgan fingerprint density at radius 2 is 1.85 bits per heavy atom. The largest absolute Gasteiger partial charge is 0.480 e. The van der Waals surface area contributed by atoms with E-state index in [4.69, 9.17) is 0 Å². The molecule has 3 rings (SSSR count). The fraction of sp³-hybridized carbons (Fsp3) is 0.938. The van der Waals surface area contributed by atoms with Crippen LogP contribution in [0.15, 0.2) is 0 Å². The Labute approximate surface area is 121 Å². The molecule has 0 aromatic carbocycles. The minimum Gasteiger partial charge on any atom is -0.480 e. The summed E-state index contributed by atoms with van der Waals surface area (Å²) in [5.74, 6) is 0.580. The van der Waals surface area contributed by atoms with Crippen molar-refractivity contribution in [3.8, 4) is 0 Å². The Bertz CT molecular complexity index is 357. The molecule has 2 aliphatic carbocycles. The van der Waals surface area contributed by atoms with Crippen molar-refractivity contribution in [2.75, 3.05) is 19.6 Å². The summed E-state index contributed by atoms with van der Waals surface area (Å²) in [6, 6.07) is 0.458. The van der Waals surface area contributed by atoms with Crippen LogP contribution >= 0.6 is 0 Å². The van der Waals surface area contributed by atoms with Gasteiger partial charge in [-0.1, -0.05) is 13.3 Å². The molecule has 3 fully saturated rings. The van der Waals surface area contributed by atoms with Gasteiger partial charge in [-0.2, -0.15) is 0 Å². The number of nitrogens with zero attached hydrogens (tertiary/aromatic N) is 1. The number of carboxylic acids is 1. The van der Waals surface area contributed by atoms with Gasteiger partial charge in [-0.3, -0.25) is 10.1 Å². The summed E-state index contributed by atoms with van der Waals surface area (Å²) in [4.78, 5) is 14.4. The lowest BCUT2D eigenvalue weighted by molar-refractivity contribution is -0.147. The Morgan fingerprint density at radius 3 is 2.30 bits per heavy atom. The molecule has 4 heteroatoms. The molecular weight excluding hydrogens is 252 g/mol. The molecule has 0 amide bonds. The third-order valence-electron chi connectivity index (χ3n) is 5.45. The number of rotatable bonds is 7. The summed E-state index contributed by atoms with van der Waals surface area (Å²) in [7, 11) is 0. The number of hydrogen-bond acceptors (Lipinski definition) is 3. The van der Waals surface area contributed by atoms with Gasteiger partial charge in [-0.15, -0.1) is 0 Å². The van der Waals surface area contributed by atoms with Gasteiger partial charge in [-0.25, -0.2) is 0 Å². The monoisotopic (exact) mass is 280 g/mol. The Hall–Kier alpha value is -0.610. The fourth-order valence-corrected chi connectivity index (χ4v) is 3.67. The second kappa shape index (κ2) is 5.64. The zero-order valence-corrected chi connectivity index (χ0v) is 12.6. The lowest BCUT2D eigenvalue weighted by atomic mass is 9.89. The quantitative estimate of drug-likeness (QED) is 0.750. The van der Waals surface area contributed by atoms with Crippen LogP contribution in [-0.2, 0) is 4.79 Å². The van der Waals surface area contributed by atoms with Crippen LogP contribution in [0.4, 0.5) is 0 Å². The summed E-state index contributed by atoms with van der Waals surface area (Å²) in [5.41, 5.74) is -0.666. The Morgan fingerprint density at radius 1 is 1.20 bits per heavy atom. The first-order chi connectivity index (χ1) is 9.64. The molecule has 0 bridgehead atoms. The van der Waals surface area contributed by atoms with E-state index in [2.05, 4.69) is 17.1 Å². The van der Waals surface area contributed by atoms with Crippen molar-refractivity contribution in [1.29, 1.82) is 0 Å². The van der Waals surface area contributed by atoms with Crippen LogP contribution in [0.2, 0.25) is 0 Å². The van der Waals surface area contributed by atoms with E-state index in [1.54, 1.807) is 0 Å². The third kappa shape index (κ3) is 3.01. The summed E-state index contributed by atoms with van der Waals surface area (Å²) in [6.07, 6.45) is 8.20. The molecule has 0 spiro atoms. The van der Waals surface area contributed by atoms with Crippen LogP contribution < -0.4 is 5.32 Å².